The SMILES string of the molecule is CC(C)(C)c1cc(C(C)(C)C)c(NC(=O)c2c[nH]c3ccc(S(=O)(=O)NCc4ccc(F)cc4)cc3c2=O)cc1O. The number of benzene rings is 3. The van der Waals surface area contributed by atoms with E-state index in [-0.39, 0.29) is 33.6 Å². The number of hydrogen-bond acceptors (Lipinski definition) is 5. The molecule has 8 nitrogen and oxygen atoms in total. The van der Waals surface area contributed by atoms with Gasteiger partial charge in [-0.25, -0.2) is 17.5 Å². The van der Waals surface area contributed by atoms with Crippen LogP contribution >= 0.6 is 0 Å². The fourth-order valence-electron chi connectivity index (χ4n) is 4.50. The third-order valence-electron chi connectivity index (χ3n) is 6.79. The van der Waals surface area contributed by atoms with Crippen LogP contribution in [-0.4, -0.2) is 24.4 Å². The standard InChI is InChI=1S/C31H34FN3O5S/c1-30(2,3)23-14-24(31(4,5)6)27(36)15-26(23)35-29(38)22-17-33-25-12-11-20(13-21(25)28(22)37)41(39,40)34-16-18-7-9-19(32)10-8-18/h7-15,17,34,36H,16H2,1-6H3,(H,33,37)(H,35,38). The molecule has 0 aliphatic carbocycles. The van der Waals surface area contributed by atoms with E-state index in [1.54, 1.807) is 0 Å². The predicted molar refractivity (Wildman–Crippen MR) is 158 cm³/mol. The molecule has 0 fully saturated rings. The van der Waals surface area contributed by atoms with Crippen molar-refractivity contribution < 1.29 is 22.7 Å². The van der Waals surface area contributed by atoms with E-state index in [0.29, 0.717) is 16.8 Å². The molecule has 4 N–H and O–H groups in total. The summed E-state index contributed by atoms with van der Waals surface area (Å²) in [5.41, 5.74) is 1.19. The summed E-state index contributed by atoms with van der Waals surface area (Å²) in [5.74, 6) is -1.11. The molecular weight excluding hydrogens is 545 g/mol. The maximum Gasteiger partial charge on any atom is 0.261 e. The van der Waals surface area contributed by atoms with Gasteiger partial charge in [0, 0.05) is 35.4 Å². The number of phenols is 1. The number of sulfonamides is 1. The van der Waals surface area contributed by atoms with Crippen LogP contribution in [0.3, 0.4) is 0 Å². The van der Waals surface area contributed by atoms with Crippen molar-refractivity contribution in [1.29, 1.82) is 0 Å². The molecule has 0 aliphatic rings. The number of carbonyl (C=O) groups excluding carboxylic acids is 1. The summed E-state index contributed by atoms with van der Waals surface area (Å²) in [6, 6.07) is 12.8. The minimum Gasteiger partial charge on any atom is -0.508 e. The van der Waals surface area contributed by atoms with Crippen molar-refractivity contribution in [3.8, 4) is 5.75 Å². The van der Waals surface area contributed by atoms with Crippen LogP contribution in [0.1, 0.15) is 68.6 Å². The van der Waals surface area contributed by atoms with Gasteiger partial charge in [0.15, 0.2) is 0 Å². The first-order valence-corrected chi connectivity index (χ1v) is 14.5. The molecule has 1 heterocycles. The molecule has 3 aromatic carbocycles. The Bertz CT molecular complexity index is 1800. The summed E-state index contributed by atoms with van der Waals surface area (Å²) in [6.45, 7) is 11.8. The van der Waals surface area contributed by atoms with Crippen molar-refractivity contribution in [2.45, 2.75) is 63.8 Å². The Morgan fingerprint density at radius 1 is 0.927 bits per heavy atom. The summed E-state index contributed by atoms with van der Waals surface area (Å²) in [5, 5.41) is 13.5. The number of nitrogens with one attached hydrogen (secondary N) is 3. The molecular formula is C31H34FN3O5S. The van der Waals surface area contributed by atoms with E-state index < -0.39 is 32.6 Å². The first-order valence-electron chi connectivity index (χ1n) is 13.1. The highest BCUT2D eigenvalue weighted by Crippen LogP contribution is 2.39. The molecule has 0 bridgehead atoms. The number of aromatic nitrogens is 1. The number of rotatable bonds is 6. The van der Waals surface area contributed by atoms with Gasteiger partial charge in [0.2, 0.25) is 15.5 Å². The van der Waals surface area contributed by atoms with Gasteiger partial charge >= 0.3 is 0 Å². The molecule has 0 saturated heterocycles. The number of aromatic hydroxyl groups is 1. The fraction of sp³-hybridized carbons (Fsp3) is 0.290. The van der Waals surface area contributed by atoms with Gasteiger partial charge in [0.1, 0.15) is 17.1 Å². The molecule has 41 heavy (non-hydrogen) atoms. The topological polar surface area (TPSA) is 128 Å². The number of aromatic amines is 1. The molecule has 1 aromatic heterocycles. The number of H-pyrrole nitrogens is 1. The van der Waals surface area contributed by atoms with Crippen LogP contribution in [0.5, 0.6) is 5.75 Å². The zero-order valence-electron chi connectivity index (χ0n) is 23.8. The Labute approximate surface area is 238 Å². The number of hydrogen-bond donors (Lipinski definition) is 4. The molecule has 216 valence electrons. The Hall–Kier alpha value is -4.02. The van der Waals surface area contributed by atoms with Gasteiger partial charge in [0.05, 0.1) is 4.90 Å². The Kier molecular flexibility index (Phi) is 7.86. The zero-order chi connectivity index (χ0) is 30.3. The lowest BCUT2D eigenvalue weighted by Gasteiger charge is -2.28. The van der Waals surface area contributed by atoms with Gasteiger partial charge in [-0.15, -0.1) is 0 Å². The number of fused-ring (bicyclic) bond motifs is 1. The maximum atomic E-state index is 13.4. The van der Waals surface area contributed by atoms with Crippen molar-refractivity contribution in [2.75, 3.05) is 5.32 Å². The van der Waals surface area contributed by atoms with Crippen LogP contribution in [0, 0.1) is 5.82 Å². The molecule has 10 heteroatoms. The first-order chi connectivity index (χ1) is 19.0. The second-order valence-corrected chi connectivity index (χ2v) is 13.8. The summed E-state index contributed by atoms with van der Waals surface area (Å²) < 4.78 is 41.5. The van der Waals surface area contributed by atoms with Gasteiger partial charge in [-0.2, -0.15) is 0 Å². The van der Waals surface area contributed by atoms with E-state index in [2.05, 4.69) is 15.0 Å². The van der Waals surface area contributed by atoms with E-state index in [4.69, 9.17) is 0 Å². The van der Waals surface area contributed by atoms with Crippen LogP contribution < -0.4 is 15.5 Å². The summed E-state index contributed by atoms with van der Waals surface area (Å²) >= 11 is 0. The highest BCUT2D eigenvalue weighted by Gasteiger charge is 2.27. The summed E-state index contributed by atoms with van der Waals surface area (Å²) in [7, 11) is -4.03. The highest BCUT2D eigenvalue weighted by atomic mass is 32.2. The normalized spacial score (nSPS) is 12.5. The monoisotopic (exact) mass is 579 g/mol. The van der Waals surface area contributed by atoms with Crippen LogP contribution in [0.4, 0.5) is 10.1 Å². The largest absolute Gasteiger partial charge is 0.508 e. The van der Waals surface area contributed by atoms with Crippen molar-refractivity contribution >= 4 is 32.5 Å². The molecule has 0 atom stereocenters. The Morgan fingerprint density at radius 2 is 1.56 bits per heavy atom. The molecule has 1 amide bonds. The van der Waals surface area contributed by atoms with Crippen molar-refractivity contribution in [2.24, 2.45) is 0 Å². The van der Waals surface area contributed by atoms with Crippen LogP contribution in [0.25, 0.3) is 10.9 Å². The van der Waals surface area contributed by atoms with Gasteiger partial charge in [-0.05, 0) is 63.9 Å². The number of phenolic OH excluding ortho intramolecular Hbond substituents is 1. The van der Waals surface area contributed by atoms with Crippen LogP contribution in [0.2, 0.25) is 0 Å². The van der Waals surface area contributed by atoms with E-state index in [1.807, 2.05) is 47.6 Å². The van der Waals surface area contributed by atoms with Crippen molar-refractivity contribution in [3.63, 3.8) is 0 Å². The predicted octanol–water partition coefficient (Wildman–Crippen LogP) is 5.70. The van der Waals surface area contributed by atoms with Crippen molar-refractivity contribution in [1.82, 2.24) is 9.71 Å². The minimum atomic E-state index is -4.03. The zero-order valence-corrected chi connectivity index (χ0v) is 24.7. The molecule has 4 aromatic rings. The summed E-state index contributed by atoms with van der Waals surface area (Å²) in [6.07, 6.45) is 1.28. The maximum absolute atomic E-state index is 13.4. The Balaban J connectivity index is 1.68. The third kappa shape index (κ3) is 6.49. The quantitative estimate of drug-likeness (QED) is 0.233. The van der Waals surface area contributed by atoms with Gasteiger partial charge < -0.3 is 15.4 Å². The van der Waals surface area contributed by atoms with Crippen LogP contribution in [0.15, 0.2) is 70.5 Å². The molecule has 0 unspecified atom stereocenters. The third-order valence-corrected chi connectivity index (χ3v) is 8.19. The minimum absolute atomic E-state index is 0.0179. The molecule has 0 saturated carbocycles. The number of amides is 1. The van der Waals surface area contributed by atoms with Gasteiger partial charge in [-0.1, -0.05) is 53.7 Å². The van der Waals surface area contributed by atoms with Crippen LogP contribution in [-0.2, 0) is 27.4 Å². The molecule has 0 aliphatic heterocycles. The second-order valence-electron chi connectivity index (χ2n) is 12.1. The molecule has 4 rings (SSSR count). The Morgan fingerprint density at radius 3 is 2.17 bits per heavy atom. The number of pyridine rings is 1. The lowest BCUT2D eigenvalue weighted by Crippen LogP contribution is -2.25. The van der Waals surface area contributed by atoms with E-state index in [1.165, 1.54) is 54.7 Å². The fourth-order valence-corrected chi connectivity index (χ4v) is 5.54. The first kappa shape index (κ1) is 30.0. The smallest absolute Gasteiger partial charge is 0.261 e. The highest BCUT2D eigenvalue weighted by molar-refractivity contribution is 7.89. The number of carbonyl (C=O) groups is 1. The average Bonchev–Trinajstić information content (AvgIpc) is 2.87. The lowest BCUT2D eigenvalue weighted by atomic mass is 9.79. The van der Waals surface area contributed by atoms with E-state index in [0.717, 1.165) is 11.1 Å². The van der Waals surface area contributed by atoms with Gasteiger partial charge in [-0.3, -0.25) is 9.59 Å². The second kappa shape index (κ2) is 10.8. The van der Waals surface area contributed by atoms with E-state index >= 15 is 0 Å². The molecule has 0 radical (unpaired) electrons. The average molecular weight is 580 g/mol. The van der Waals surface area contributed by atoms with E-state index in [9.17, 15) is 27.5 Å². The van der Waals surface area contributed by atoms with Gasteiger partial charge in [0.25, 0.3) is 5.91 Å². The number of halogens is 1. The lowest BCUT2D eigenvalue weighted by molar-refractivity contribution is 0.102. The molecule has 0 spiro atoms. The van der Waals surface area contributed by atoms with Crippen molar-refractivity contribution in [3.05, 3.63) is 99.1 Å². The number of anilines is 1. The summed E-state index contributed by atoms with van der Waals surface area (Å²) in [4.78, 5) is 29.5.